The van der Waals surface area contributed by atoms with Crippen molar-refractivity contribution >= 4 is 39.9 Å². The summed E-state index contributed by atoms with van der Waals surface area (Å²) in [5.41, 5.74) is 7.42. The highest BCUT2D eigenvalue weighted by Gasteiger charge is 2.35. The SMILES string of the molecule is Cc1ccc(N2CC(C(=O)NNC(=O)c3sc(N4CCOCC4)nc3C)CC2=O)cc1. The lowest BCUT2D eigenvalue weighted by Gasteiger charge is -2.25. The molecule has 0 radical (unpaired) electrons. The number of nitrogens with zero attached hydrogens (tertiary/aromatic N) is 3. The molecule has 31 heavy (non-hydrogen) atoms. The van der Waals surface area contributed by atoms with E-state index in [0.717, 1.165) is 29.5 Å². The van der Waals surface area contributed by atoms with Crippen LogP contribution in [0.5, 0.6) is 0 Å². The van der Waals surface area contributed by atoms with Gasteiger partial charge in [0.05, 0.1) is 24.8 Å². The van der Waals surface area contributed by atoms with Gasteiger partial charge >= 0.3 is 0 Å². The summed E-state index contributed by atoms with van der Waals surface area (Å²) >= 11 is 1.29. The topological polar surface area (TPSA) is 104 Å². The zero-order valence-electron chi connectivity index (χ0n) is 17.5. The minimum atomic E-state index is -0.527. The summed E-state index contributed by atoms with van der Waals surface area (Å²) in [5, 5.41) is 0.771. The maximum Gasteiger partial charge on any atom is 0.281 e. The first-order valence-electron chi connectivity index (χ1n) is 10.2. The molecule has 0 saturated carbocycles. The van der Waals surface area contributed by atoms with Crippen LogP contribution in [0.2, 0.25) is 0 Å². The van der Waals surface area contributed by atoms with Crippen LogP contribution in [0.25, 0.3) is 0 Å². The first kappa shape index (κ1) is 21.3. The van der Waals surface area contributed by atoms with Crippen molar-refractivity contribution in [2.75, 3.05) is 42.6 Å². The largest absolute Gasteiger partial charge is 0.378 e. The van der Waals surface area contributed by atoms with Crippen LogP contribution < -0.4 is 20.7 Å². The fraction of sp³-hybridized carbons (Fsp3) is 0.429. The monoisotopic (exact) mass is 443 g/mol. The van der Waals surface area contributed by atoms with E-state index in [2.05, 4.69) is 20.7 Å². The molecule has 4 rings (SSSR count). The highest BCUT2D eigenvalue weighted by atomic mass is 32.1. The number of thiazole rings is 1. The molecule has 3 amide bonds. The number of aromatic nitrogens is 1. The number of benzene rings is 1. The second-order valence-corrected chi connectivity index (χ2v) is 8.67. The fourth-order valence-electron chi connectivity index (χ4n) is 3.62. The van der Waals surface area contributed by atoms with Crippen molar-refractivity contribution in [3.05, 3.63) is 40.4 Å². The van der Waals surface area contributed by atoms with E-state index in [1.165, 1.54) is 11.3 Å². The van der Waals surface area contributed by atoms with Crippen LogP contribution in [-0.4, -0.2) is 55.6 Å². The van der Waals surface area contributed by atoms with Gasteiger partial charge in [0.2, 0.25) is 11.8 Å². The Bertz CT molecular complexity index is 984. The number of anilines is 2. The summed E-state index contributed by atoms with van der Waals surface area (Å²) in [7, 11) is 0. The number of amides is 3. The summed E-state index contributed by atoms with van der Waals surface area (Å²) < 4.78 is 5.35. The molecule has 1 unspecified atom stereocenters. The van der Waals surface area contributed by atoms with Gasteiger partial charge in [-0.15, -0.1) is 0 Å². The molecule has 1 aromatic carbocycles. The zero-order valence-corrected chi connectivity index (χ0v) is 18.3. The first-order valence-corrected chi connectivity index (χ1v) is 11.0. The Hall–Kier alpha value is -2.98. The van der Waals surface area contributed by atoms with Crippen LogP contribution >= 0.6 is 11.3 Å². The Morgan fingerprint density at radius 3 is 2.55 bits per heavy atom. The third-order valence-corrected chi connectivity index (χ3v) is 6.63. The number of ether oxygens (including phenoxy) is 1. The zero-order chi connectivity index (χ0) is 22.0. The third-order valence-electron chi connectivity index (χ3n) is 5.41. The molecule has 0 spiro atoms. The van der Waals surface area contributed by atoms with Crippen LogP contribution in [-0.2, 0) is 14.3 Å². The van der Waals surface area contributed by atoms with E-state index in [4.69, 9.17) is 4.74 Å². The lowest BCUT2D eigenvalue weighted by molar-refractivity contribution is -0.126. The maximum atomic E-state index is 12.6. The summed E-state index contributed by atoms with van der Waals surface area (Å²) in [6, 6.07) is 7.60. The number of hydrazine groups is 1. The molecule has 2 aliphatic heterocycles. The van der Waals surface area contributed by atoms with E-state index < -0.39 is 11.8 Å². The molecule has 2 aliphatic rings. The van der Waals surface area contributed by atoms with Gasteiger partial charge in [-0.3, -0.25) is 25.2 Å². The fourth-order valence-corrected chi connectivity index (χ4v) is 4.63. The highest BCUT2D eigenvalue weighted by molar-refractivity contribution is 7.17. The van der Waals surface area contributed by atoms with Crippen molar-refractivity contribution in [1.82, 2.24) is 15.8 Å². The van der Waals surface area contributed by atoms with Gasteiger partial charge in [0.15, 0.2) is 5.13 Å². The van der Waals surface area contributed by atoms with E-state index in [1.54, 1.807) is 11.8 Å². The summed E-state index contributed by atoms with van der Waals surface area (Å²) in [6.07, 6.45) is 0.107. The standard InChI is InChI=1S/C21H25N5O4S/c1-13-3-5-16(6-4-13)26-12-15(11-17(26)27)19(28)23-24-20(29)18-14(2)22-21(31-18)25-7-9-30-10-8-25/h3-6,15H,7-12H2,1-2H3,(H,23,28)(H,24,29). The van der Waals surface area contributed by atoms with E-state index in [-0.39, 0.29) is 24.8 Å². The minimum absolute atomic E-state index is 0.107. The number of hydrogen-bond donors (Lipinski definition) is 2. The molecule has 2 N–H and O–H groups in total. The Morgan fingerprint density at radius 1 is 1.13 bits per heavy atom. The van der Waals surface area contributed by atoms with Crippen molar-refractivity contribution in [3.8, 4) is 0 Å². The molecule has 2 saturated heterocycles. The number of carbonyl (C=O) groups is 3. The smallest absolute Gasteiger partial charge is 0.281 e. The van der Waals surface area contributed by atoms with Gasteiger partial charge in [-0.1, -0.05) is 29.0 Å². The van der Waals surface area contributed by atoms with Gasteiger partial charge in [-0.25, -0.2) is 4.98 Å². The van der Waals surface area contributed by atoms with Gasteiger partial charge in [0, 0.05) is 31.7 Å². The maximum absolute atomic E-state index is 12.6. The number of hydrogen-bond acceptors (Lipinski definition) is 7. The molecule has 1 atom stereocenters. The van der Waals surface area contributed by atoms with E-state index in [0.29, 0.717) is 23.8 Å². The summed E-state index contributed by atoms with van der Waals surface area (Å²) in [4.78, 5) is 46.1. The van der Waals surface area contributed by atoms with Crippen molar-refractivity contribution in [2.24, 2.45) is 5.92 Å². The molecule has 0 bridgehead atoms. The number of aryl methyl sites for hydroxylation is 2. The third kappa shape index (κ3) is 4.70. The van der Waals surface area contributed by atoms with Gasteiger partial charge in [-0.05, 0) is 26.0 Å². The van der Waals surface area contributed by atoms with Crippen molar-refractivity contribution in [2.45, 2.75) is 20.3 Å². The summed E-state index contributed by atoms with van der Waals surface area (Å²) in [5.74, 6) is -1.43. The summed E-state index contributed by atoms with van der Waals surface area (Å²) in [6.45, 7) is 6.77. The number of rotatable bonds is 4. The Morgan fingerprint density at radius 2 is 1.84 bits per heavy atom. The molecular formula is C21H25N5O4S. The average Bonchev–Trinajstić information content (AvgIpc) is 3.36. The van der Waals surface area contributed by atoms with E-state index in [9.17, 15) is 14.4 Å². The van der Waals surface area contributed by atoms with Gasteiger partial charge in [0.25, 0.3) is 5.91 Å². The number of morpholine rings is 1. The lowest BCUT2D eigenvalue weighted by atomic mass is 10.1. The first-order chi connectivity index (χ1) is 14.9. The molecule has 9 nitrogen and oxygen atoms in total. The van der Waals surface area contributed by atoms with E-state index in [1.807, 2.05) is 31.2 Å². The van der Waals surface area contributed by atoms with Gasteiger partial charge in [-0.2, -0.15) is 0 Å². The van der Waals surface area contributed by atoms with Crippen molar-refractivity contribution in [3.63, 3.8) is 0 Å². The number of nitrogens with one attached hydrogen (secondary N) is 2. The van der Waals surface area contributed by atoms with Crippen LogP contribution in [0.4, 0.5) is 10.8 Å². The molecule has 2 aromatic rings. The van der Waals surface area contributed by atoms with Gasteiger partial charge < -0.3 is 14.5 Å². The molecular weight excluding hydrogens is 418 g/mol. The molecule has 164 valence electrons. The Balaban J connectivity index is 1.33. The predicted octanol–water partition coefficient (Wildman–Crippen LogP) is 1.41. The van der Waals surface area contributed by atoms with Crippen molar-refractivity contribution in [1.29, 1.82) is 0 Å². The van der Waals surface area contributed by atoms with Crippen LogP contribution in [0, 0.1) is 19.8 Å². The molecule has 0 aliphatic carbocycles. The Kier molecular flexibility index (Phi) is 6.19. The quantitative estimate of drug-likeness (QED) is 0.693. The number of carbonyl (C=O) groups excluding carboxylic acids is 3. The average molecular weight is 444 g/mol. The van der Waals surface area contributed by atoms with Crippen LogP contribution in [0.3, 0.4) is 0 Å². The van der Waals surface area contributed by atoms with Crippen molar-refractivity contribution < 1.29 is 19.1 Å². The normalized spacial score (nSPS) is 18.9. The molecule has 10 heteroatoms. The lowest BCUT2D eigenvalue weighted by Crippen LogP contribution is -2.45. The van der Waals surface area contributed by atoms with Crippen LogP contribution in [0.15, 0.2) is 24.3 Å². The molecule has 1 aromatic heterocycles. The molecule has 2 fully saturated rings. The second-order valence-electron chi connectivity index (χ2n) is 7.69. The predicted molar refractivity (Wildman–Crippen MR) is 117 cm³/mol. The second kappa shape index (κ2) is 9.03. The van der Waals surface area contributed by atoms with Crippen LogP contribution in [0.1, 0.15) is 27.3 Å². The highest BCUT2D eigenvalue weighted by Crippen LogP contribution is 2.27. The van der Waals surface area contributed by atoms with Gasteiger partial charge in [0.1, 0.15) is 4.88 Å². The van der Waals surface area contributed by atoms with E-state index >= 15 is 0 Å². The Labute approximate surface area is 184 Å². The minimum Gasteiger partial charge on any atom is -0.378 e. The molecule has 3 heterocycles.